The van der Waals surface area contributed by atoms with Crippen LogP contribution >= 0.6 is 0 Å². The van der Waals surface area contributed by atoms with Crippen LogP contribution in [0, 0.1) is 0 Å². The van der Waals surface area contributed by atoms with Crippen molar-refractivity contribution in [3.05, 3.63) is 110 Å². The van der Waals surface area contributed by atoms with Crippen molar-refractivity contribution < 1.29 is 29.0 Å². The molecule has 0 bridgehead atoms. The Morgan fingerprint density at radius 2 is 1.09 bits per heavy atom. The van der Waals surface area contributed by atoms with Gasteiger partial charge in [-0.25, -0.2) is 0 Å². The summed E-state index contributed by atoms with van der Waals surface area (Å²) < 4.78 is 10.5. The Morgan fingerprint density at radius 3 is 1.62 bits per heavy atom. The quantitative estimate of drug-likeness (QED) is 0.289. The molecule has 1 unspecified atom stereocenters. The summed E-state index contributed by atoms with van der Waals surface area (Å²) in [5.74, 6) is 3.28. The van der Waals surface area contributed by atoms with E-state index in [1.54, 1.807) is 20.3 Å². The van der Waals surface area contributed by atoms with Gasteiger partial charge in [0.1, 0.15) is 23.0 Å². The minimum Gasteiger partial charge on any atom is -0.508 e. The molecule has 0 aliphatic heterocycles. The Labute approximate surface area is 315 Å². The van der Waals surface area contributed by atoms with E-state index in [1.165, 1.54) is 44.5 Å². The van der Waals surface area contributed by atoms with Crippen LogP contribution in [0.1, 0.15) is 132 Å². The van der Waals surface area contributed by atoms with Crippen molar-refractivity contribution in [2.45, 2.75) is 128 Å². The second kappa shape index (κ2) is 15.5. The number of hydrogen-bond donors (Lipinski definition) is 1. The van der Waals surface area contributed by atoms with Crippen molar-refractivity contribution in [3.63, 3.8) is 0 Å². The van der Waals surface area contributed by atoms with Crippen LogP contribution in [0.4, 0.5) is 0 Å². The first-order chi connectivity index (χ1) is 25.4. The van der Waals surface area contributed by atoms with Gasteiger partial charge in [-0.3, -0.25) is 14.4 Å². The van der Waals surface area contributed by atoms with Gasteiger partial charge >= 0.3 is 0 Å². The number of phenols is 1. The van der Waals surface area contributed by atoms with Gasteiger partial charge in [-0.1, -0.05) is 64.0 Å². The fraction of sp³-hybridized carbons (Fsp3) is 0.468. The number of methoxy groups -OCH3 is 2. The number of phenolic OH excluding ortho intramolecular Hbond substituents is 1. The topological polar surface area (TPSA) is 89.9 Å². The molecule has 8 rings (SSSR count). The van der Waals surface area contributed by atoms with Crippen LogP contribution in [0.5, 0.6) is 17.2 Å². The maximum absolute atomic E-state index is 12.2. The van der Waals surface area contributed by atoms with Gasteiger partial charge in [-0.2, -0.15) is 0 Å². The number of carbonyl (C=O) groups is 3. The van der Waals surface area contributed by atoms with E-state index in [2.05, 4.69) is 45.9 Å². The molecule has 0 aromatic heterocycles. The molecule has 6 heteroatoms. The van der Waals surface area contributed by atoms with E-state index in [1.807, 2.05) is 37.3 Å². The van der Waals surface area contributed by atoms with Crippen LogP contribution < -0.4 is 9.47 Å². The molecule has 0 spiro atoms. The summed E-state index contributed by atoms with van der Waals surface area (Å²) in [5, 5.41) is 9.64. The summed E-state index contributed by atoms with van der Waals surface area (Å²) in [6.07, 6.45) is 10.4. The Hall–Kier alpha value is -4.45. The smallest absolute Gasteiger partial charge is 0.158 e. The maximum atomic E-state index is 12.2. The Morgan fingerprint density at radius 1 is 0.623 bits per heavy atom. The molecule has 5 aliphatic carbocycles. The van der Waals surface area contributed by atoms with Gasteiger partial charge in [0, 0.05) is 36.0 Å². The number of carbonyl (C=O) groups excluding carboxylic acids is 3. The highest BCUT2D eigenvalue weighted by molar-refractivity contribution is 5.98. The van der Waals surface area contributed by atoms with E-state index in [4.69, 9.17) is 9.47 Å². The largest absolute Gasteiger partial charge is 0.508 e. The third-order valence-electron chi connectivity index (χ3n) is 13.0. The summed E-state index contributed by atoms with van der Waals surface area (Å²) in [4.78, 5) is 35.7. The van der Waals surface area contributed by atoms with Crippen LogP contribution in [0.25, 0.3) is 0 Å². The monoisotopic (exact) mass is 716 g/mol. The van der Waals surface area contributed by atoms with Crippen molar-refractivity contribution in [3.8, 4) is 17.2 Å². The molecule has 1 N–H and O–H groups in total. The highest BCUT2D eigenvalue weighted by atomic mass is 16.5. The lowest BCUT2D eigenvalue weighted by Gasteiger charge is -2.43. The average Bonchev–Trinajstić information content (AvgIpc) is 3.17. The predicted molar refractivity (Wildman–Crippen MR) is 210 cm³/mol. The summed E-state index contributed by atoms with van der Waals surface area (Å²) >= 11 is 0. The van der Waals surface area contributed by atoms with Gasteiger partial charge in [0.25, 0.3) is 0 Å². The number of Topliss-reactive ketones (excluding diaryl/α,β-unsaturated/α-hetero) is 3. The zero-order valence-electron chi connectivity index (χ0n) is 32.7. The zero-order chi connectivity index (χ0) is 38.1. The number of hydrogen-bond acceptors (Lipinski definition) is 6. The normalized spacial score (nSPS) is 24.3. The Kier molecular flexibility index (Phi) is 11.2. The summed E-state index contributed by atoms with van der Waals surface area (Å²) in [7, 11) is 3.38. The van der Waals surface area contributed by atoms with Crippen LogP contribution in [-0.4, -0.2) is 36.7 Å². The van der Waals surface area contributed by atoms with E-state index in [0.717, 1.165) is 80.4 Å². The lowest BCUT2D eigenvalue weighted by molar-refractivity contribution is -0.120. The third kappa shape index (κ3) is 7.14. The molecule has 0 fully saturated rings. The molecule has 0 saturated heterocycles. The van der Waals surface area contributed by atoms with Crippen molar-refractivity contribution in [2.75, 3.05) is 14.2 Å². The zero-order valence-corrected chi connectivity index (χ0v) is 32.7. The van der Waals surface area contributed by atoms with Crippen LogP contribution in [-0.2, 0) is 44.5 Å². The van der Waals surface area contributed by atoms with Gasteiger partial charge in [0.05, 0.1) is 14.2 Å². The molecule has 0 saturated carbocycles. The number of rotatable bonds is 4. The van der Waals surface area contributed by atoms with Gasteiger partial charge in [0.2, 0.25) is 0 Å². The van der Waals surface area contributed by atoms with Crippen molar-refractivity contribution in [2.24, 2.45) is 0 Å². The first-order valence-electron chi connectivity index (χ1n) is 19.6. The van der Waals surface area contributed by atoms with E-state index < -0.39 is 0 Å². The predicted octanol–water partition coefficient (Wildman–Crippen LogP) is 9.95. The second-order valence-electron chi connectivity index (χ2n) is 15.7. The van der Waals surface area contributed by atoms with Crippen molar-refractivity contribution >= 4 is 17.3 Å². The molecule has 3 aromatic rings. The van der Waals surface area contributed by atoms with E-state index >= 15 is 0 Å². The molecular weight excluding hydrogens is 661 g/mol. The molecule has 0 amide bonds. The van der Waals surface area contributed by atoms with Crippen molar-refractivity contribution in [1.82, 2.24) is 0 Å². The van der Waals surface area contributed by atoms with Crippen LogP contribution in [0.2, 0.25) is 0 Å². The maximum Gasteiger partial charge on any atom is 0.158 e. The standard InChI is InChI=1S/C18H22O2.C17H20O2.C12H14O2/c1-4-14-16-7-5-12-11-13(20-3)6-8-15(12)18(16,2)10-9-17(14)19;1-3-13-15-6-4-11-10-12(18)5-7-14(11)17(15,2)9-8-16(13)19;1-8-11-5-4-10(14-2)7-9(11)3-6-12(8)13/h6,8,11H,4-5,7,9-10H2,1-3H3;5,7,10,18H,3-4,6,8-9H2,1-2H3;4-5,7-8H,3,6H2,1-2H3/t18-;17-;/m00./s1. The van der Waals surface area contributed by atoms with Gasteiger partial charge in [-0.15, -0.1) is 0 Å². The Bertz CT molecular complexity index is 2000. The average molecular weight is 717 g/mol. The molecule has 0 radical (unpaired) electrons. The van der Waals surface area contributed by atoms with Gasteiger partial charge in [0.15, 0.2) is 11.6 Å². The number of ether oxygens (including phenoxy) is 2. The first-order valence-corrected chi connectivity index (χ1v) is 19.6. The number of allylic oxidation sites excluding steroid dienone is 4. The Balaban J connectivity index is 0.000000138. The molecule has 280 valence electrons. The molecule has 5 aliphatic rings. The van der Waals surface area contributed by atoms with E-state index in [0.29, 0.717) is 42.4 Å². The number of ketones is 3. The molecule has 53 heavy (non-hydrogen) atoms. The van der Waals surface area contributed by atoms with Crippen LogP contribution in [0.3, 0.4) is 0 Å². The first kappa shape index (κ1) is 38.3. The summed E-state index contributed by atoms with van der Waals surface area (Å²) in [6.45, 7) is 10.7. The number of benzene rings is 3. The minimum atomic E-state index is 0.000532. The fourth-order valence-electron chi connectivity index (χ4n) is 9.88. The summed E-state index contributed by atoms with van der Waals surface area (Å²) in [5.41, 5.74) is 12.7. The summed E-state index contributed by atoms with van der Waals surface area (Å²) in [6, 6.07) is 18.1. The number of fused-ring (bicyclic) bond motifs is 7. The van der Waals surface area contributed by atoms with Gasteiger partial charge in [-0.05, 0) is 139 Å². The van der Waals surface area contributed by atoms with Crippen molar-refractivity contribution in [1.29, 1.82) is 0 Å². The van der Waals surface area contributed by atoms with E-state index in [9.17, 15) is 19.5 Å². The fourth-order valence-corrected chi connectivity index (χ4v) is 9.88. The lowest BCUT2D eigenvalue weighted by atomic mass is 9.61. The minimum absolute atomic E-state index is 0.000532. The third-order valence-corrected chi connectivity index (χ3v) is 13.0. The van der Waals surface area contributed by atoms with Crippen LogP contribution in [0.15, 0.2) is 76.9 Å². The lowest BCUT2D eigenvalue weighted by Crippen LogP contribution is -2.36. The molecule has 3 aromatic carbocycles. The number of aromatic hydroxyl groups is 1. The molecule has 0 heterocycles. The highest BCUT2D eigenvalue weighted by Crippen LogP contribution is 2.51. The SMILES string of the molecule is CCC1=C2CCc3cc(O)ccc3[C@]2(C)CCC1=O.CCC1=C2CCc3cc(OC)ccc3[C@]2(C)CCC1=O.COc1ccc2c(c1)CCC(=O)C2C. The van der Waals surface area contributed by atoms with E-state index in [-0.39, 0.29) is 16.7 Å². The molecule has 3 atom stereocenters. The number of aryl methyl sites for hydroxylation is 3. The highest BCUT2D eigenvalue weighted by Gasteiger charge is 2.43. The van der Waals surface area contributed by atoms with Gasteiger partial charge < -0.3 is 14.6 Å². The molecule has 6 nitrogen and oxygen atoms in total. The molecular formula is C47H56O6. The second-order valence-corrected chi connectivity index (χ2v) is 15.7.